The number of aryl methyl sites for hydroxylation is 1. The third kappa shape index (κ3) is 4.60. The Bertz CT molecular complexity index is 894. The van der Waals surface area contributed by atoms with Gasteiger partial charge >= 0.3 is 0 Å². The lowest BCUT2D eigenvalue weighted by Crippen LogP contribution is -2.06. The van der Waals surface area contributed by atoms with Gasteiger partial charge in [0.25, 0.3) is 0 Å². The fraction of sp³-hybridized carbons (Fsp3) is 0.158. The van der Waals surface area contributed by atoms with Gasteiger partial charge in [0.2, 0.25) is 5.95 Å². The van der Waals surface area contributed by atoms with Gasteiger partial charge in [-0.3, -0.25) is 4.79 Å². The lowest BCUT2D eigenvalue weighted by Gasteiger charge is -2.09. The molecule has 1 heterocycles. The number of ketones is 1. The summed E-state index contributed by atoms with van der Waals surface area (Å²) in [7, 11) is 0. The molecule has 0 bridgehead atoms. The Hall–Kier alpha value is -3.28. The second-order valence-corrected chi connectivity index (χ2v) is 5.77. The Kier molecular flexibility index (Phi) is 4.99. The number of hydrogen-bond acceptors (Lipinski definition) is 6. The summed E-state index contributed by atoms with van der Waals surface area (Å²) < 4.78 is 0. The molecule has 0 unspecified atom stereocenters. The summed E-state index contributed by atoms with van der Waals surface area (Å²) in [4.78, 5) is 15.9. The molecule has 2 aromatic carbocycles. The van der Waals surface area contributed by atoms with Crippen molar-refractivity contribution in [3.8, 4) is 0 Å². The number of rotatable bonds is 6. The van der Waals surface area contributed by atoms with Gasteiger partial charge in [0.05, 0.1) is 6.20 Å². The van der Waals surface area contributed by atoms with E-state index in [2.05, 4.69) is 44.9 Å². The van der Waals surface area contributed by atoms with Crippen molar-refractivity contribution in [3.63, 3.8) is 0 Å². The number of anilines is 3. The van der Waals surface area contributed by atoms with Crippen molar-refractivity contribution in [3.05, 3.63) is 71.4 Å². The van der Waals surface area contributed by atoms with E-state index >= 15 is 0 Å². The van der Waals surface area contributed by atoms with Crippen LogP contribution in [0.3, 0.4) is 0 Å². The number of carbonyl (C=O) groups is 1. The topological polar surface area (TPSA) is 79.8 Å². The van der Waals surface area contributed by atoms with E-state index in [1.165, 1.54) is 11.8 Å². The lowest BCUT2D eigenvalue weighted by atomic mass is 10.1. The van der Waals surface area contributed by atoms with E-state index in [0.717, 1.165) is 11.3 Å². The molecule has 1 aromatic heterocycles. The van der Waals surface area contributed by atoms with Crippen LogP contribution < -0.4 is 10.6 Å². The highest BCUT2D eigenvalue weighted by Gasteiger charge is 2.04. The predicted octanol–water partition coefficient (Wildman–Crippen LogP) is 3.74. The van der Waals surface area contributed by atoms with Crippen LogP contribution in [-0.4, -0.2) is 21.0 Å². The third-order valence-electron chi connectivity index (χ3n) is 3.63. The number of Topliss-reactive ketones (excluding diaryl/α,β-unsaturated/α-hetero) is 1. The summed E-state index contributed by atoms with van der Waals surface area (Å²) in [6.45, 7) is 4.21. The molecule has 0 fully saturated rings. The third-order valence-corrected chi connectivity index (χ3v) is 3.63. The van der Waals surface area contributed by atoms with Crippen LogP contribution in [0, 0.1) is 6.92 Å². The van der Waals surface area contributed by atoms with Gasteiger partial charge in [0.1, 0.15) is 0 Å². The number of aromatic nitrogens is 3. The van der Waals surface area contributed by atoms with E-state index in [1.807, 2.05) is 24.3 Å². The standard InChI is InChI=1S/C19H19N5O/c1-13-5-3-6-15(9-13)11-20-19-23-18(12-21-24-19)22-17-8-4-7-16(10-17)14(2)25/h3-10,12H,11H2,1-2H3,(H2,20,22,23,24). The molecule has 3 aromatic rings. The molecule has 0 aliphatic heterocycles. The van der Waals surface area contributed by atoms with E-state index in [1.54, 1.807) is 19.1 Å². The maximum Gasteiger partial charge on any atom is 0.244 e. The molecule has 0 radical (unpaired) electrons. The fourth-order valence-corrected chi connectivity index (χ4v) is 2.41. The van der Waals surface area contributed by atoms with Crippen LogP contribution in [0.25, 0.3) is 0 Å². The van der Waals surface area contributed by atoms with E-state index in [0.29, 0.717) is 23.9 Å². The zero-order valence-electron chi connectivity index (χ0n) is 14.2. The van der Waals surface area contributed by atoms with Crippen molar-refractivity contribution in [2.45, 2.75) is 20.4 Å². The molecule has 3 rings (SSSR count). The minimum atomic E-state index is 0.0185. The highest BCUT2D eigenvalue weighted by Crippen LogP contribution is 2.16. The molecule has 6 nitrogen and oxygen atoms in total. The molecular weight excluding hydrogens is 314 g/mol. The molecule has 2 N–H and O–H groups in total. The van der Waals surface area contributed by atoms with Crippen molar-refractivity contribution >= 4 is 23.2 Å². The van der Waals surface area contributed by atoms with Gasteiger partial charge in [-0.2, -0.15) is 10.1 Å². The average molecular weight is 333 g/mol. The number of carbonyl (C=O) groups excluding carboxylic acids is 1. The van der Waals surface area contributed by atoms with Crippen molar-refractivity contribution in [1.82, 2.24) is 15.2 Å². The number of benzene rings is 2. The average Bonchev–Trinajstić information content (AvgIpc) is 2.61. The summed E-state index contributed by atoms with van der Waals surface area (Å²) in [5, 5.41) is 14.3. The maximum atomic E-state index is 11.5. The SMILES string of the molecule is CC(=O)c1cccc(Nc2cnnc(NCc3cccc(C)c3)n2)c1. The van der Waals surface area contributed by atoms with Crippen LogP contribution in [0.15, 0.2) is 54.7 Å². The molecule has 0 amide bonds. The summed E-state index contributed by atoms with van der Waals surface area (Å²) in [5.41, 5.74) is 3.78. The molecule has 0 spiro atoms. The van der Waals surface area contributed by atoms with Crippen molar-refractivity contribution < 1.29 is 4.79 Å². The molecule has 0 aliphatic carbocycles. The first-order chi connectivity index (χ1) is 12.1. The first-order valence-electron chi connectivity index (χ1n) is 7.97. The first-order valence-corrected chi connectivity index (χ1v) is 7.97. The molecule has 0 saturated heterocycles. The van der Waals surface area contributed by atoms with E-state index in [9.17, 15) is 4.79 Å². The second-order valence-electron chi connectivity index (χ2n) is 5.77. The summed E-state index contributed by atoms with van der Waals surface area (Å²) in [6, 6.07) is 15.5. The minimum absolute atomic E-state index is 0.0185. The summed E-state index contributed by atoms with van der Waals surface area (Å²) in [6.07, 6.45) is 1.54. The second kappa shape index (κ2) is 7.53. The highest BCUT2D eigenvalue weighted by molar-refractivity contribution is 5.95. The van der Waals surface area contributed by atoms with E-state index in [-0.39, 0.29) is 5.78 Å². The summed E-state index contributed by atoms with van der Waals surface area (Å²) >= 11 is 0. The van der Waals surface area contributed by atoms with Crippen LogP contribution in [0.2, 0.25) is 0 Å². The Balaban J connectivity index is 1.69. The normalized spacial score (nSPS) is 10.3. The highest BCUT2D eigenvalue weighted by atomic mass is 16.1. The van der Waals surface area contributed by atoms with E-state index < -0.39 is 0 Å². The zero-order valence-corrected chi connectivity index (χ0v) is 14.2. The quantitative estimate of drug-likeness (QED) is 0.669. The first kappa shape index (κ1) is 16.6. The van der Waals surface area contributed by atoms with Crippen LogP contribution in [0.4, 0.5) is 17.5 Å². The molecule has 0 saturated carbocycles. The molecule has 6 heteroatoms. The monoisotopic (exact) mass is 333 g/mol. The van der Waals surface area contributed by atoms with Crippen LogP contribution in [0.1, 0.15) is 28.4 Å². The van der Waals surface area contributed by atoms with Crippen molar-refractivity contribution in [1.29, 1.82) is 0 Å². The number of hydrogen-bond donors (Lipinski definition) is 2. The number of nitrogens with zero attached hydrogens (tertiary/aromatic N) is 3. The van der Waals surface area contributed by atoms with Gasteiger partial charge in [0.15, 0.2) is 11.6 Å². The zero-order chi connectivity index (χ0) is 17.6. The van der Waals surface area contributed by atoms with E-state index in [4.69, 9.17) is 0 Å². The van der Waals surface area contributed by atoms with Crippen molar-refractivity contribution in [2.75, 3.05) is 10.6 Å². The lowest BCUT2D eigenvalue weighted by molar-refractivity contribution is 0.101. The van der Waals surface area contributed by atoms with Crippen molar-refractivity contribution in [2.24, 2.45) is 0 Å². The summed E-state index contributed by atoms with van der Waals surface area (Å²) in [5.74, 6) is 1.02. The molecule has 0 atom stereocenters. The van der Waals surface area contributed by atoms with Crippen LogP contribution in [0.5, 0.6) is 0 Å². The smallest absolute Gasteiger partial charge is 0.244 e. The number of nitrogens with one attached hydrogen (secondary N) is 2. The maximum absolute atomic E-state index is 11.5. The van der Waals surface area contributed by atoms with Gasteiger partial charge in [0, 0.05) is 17.8 Å². The minimum Gasteiger partial charge on any atom is -0.349 e. The fourth-order valence-electron chi connectivity index (χ4n) is 2.41. The largest absolute Gasteiger partial charge is 0.349 e. The Morgan fingerprint density at radius 1 is 1.12 bits per heavy atom. The van der Waals surface area contributed by atoms with Gasteiger partial charge in [-0.05, 0) is 31.5 Å². The Morgan fingerprint density at radius 3 is 2.76 bits per heavy atom. The van der Waals surface area contributed by atoms with Gasteiger partial charge in [-0.25, -0.2) is 0 Å². The van der Waals surface area contributed by atoms with Gasteiger partial charge < -0.3 is 10.6 Å². The van der Waals surface area contributed by atoms with Gasteiger partial charge in [-0.1, -0.05) is 42.0 Å². The molecular formula is C19H19N5O. The van der Waals surface area contributed by atoms with Crippen LogP contribution >= 0.6 is 0 Å². The molecule has 126 valence electrons. The predicted molar refractivity (Wildman–Crippen MR) is 98.1 cm³/mol. The van der Waals surface area contributed by atoms with Gasteiger partial charge in [-0.15, -0.1) is 5.10 Å². The molecule has 25 heavy (non-hydrogen) atoms. The van der Waals surface area contributed by atoms with Crippen LogP contribution in [-0.2, 0) is 6.54 Å². The Morgan fingerprint density at radius 2 is 1.96 bits per heavy atom. The Labute approximate surface area is 146 Å². The molecule has 0 aliphatic rings.